The van der Waals surface area contributed by atoms with Gasteiger partial charge in [0.2, 0.25) is 0 Å². The van der Waals surface area contributed by atoms with E-state index in [0.717, 1.165) is 22.3 Å². The standard InChI is InChI=1S/C20H19N3O3/c24-20(23-9-11-25-12-10-23)14-26-19-13-18(17-7-3-4-8-21-17)22-16-6-2-1-5-15(16)19/h1-8,13H,9-12,14H2. The SMILES string of the molecule is O=C(COc1cc(-c2ccccn2)nc2ccccc12)N1CCOCC1. The first-order valence-electron chi connectivity index (χ1n) is 8.61. The van der Waals surface area contributed by atoms with Gasteiger partial charge in [-0.05, 0) is 24.3 Å². The number of morpholine rings is 1. The molecule has 0 bridgehead atoms. The van der Waals surface area contributed by atoms with Crippen LogP contribution in [0.25, 0.3) is 22.3 Å². The molecular weight excluding hydrogens is 330 g/mol. The van der Waals surface area contributed by atoms with E-state index in [1.165, 1.54) is 0 Å². The number of fused-ring (bicyclic) bond motifs is 1. The zero-order chi connectivity index (χ0) is 17.8. The molecule has 0 N–H and O–H groups in total. The third-order valence-electron chi connectivity index (χ3n) is 4.32. The van der Waals surface area contributed by atoms with E-state index in [9.17, 15) is 4.79 Å². The van der Waals surface area contributed by atoms with Gasteiger partial charge in [0.25, 0.3) is 5.91 Å². The lowest BCUT2D eigenvalue weighted by Crippen LogP contribution is -2.43. The topological polar surface area (TPSA) is 64.5 Å². The number of carbonyl (C=O) groups is 1. The van der Waals surface area contributed by atoms with Crippen molar-refractivity contribution in [1.82, 2.24) is 14.9 Å². The minimum atomic E-state index is -0.0337. The van der Waals surface area contributed by atoms with Gasteiger partial charge in [-0.15, -0.1) is 0 Å². The van der Waals surface area contributed by atoms with E-state index in [1.807, 2.05) is 48.5 Å². The summed E-state index contributed by atoms with van der Waals surface area (Å²) < 4.78 is 11.2. The van der Waals surface area contributed by atoms with Gasteiger partial charge in [0.1, 0.15) is 5.75 Å². The summed E-state index contributed by atoms with van der Waals surface area (Å²) in [6, 6.07) is 15.3. The molecule has 1 aliphatic rings. The predicted molar refractivity (Wildman–Crippen MR) is 97.9 cm³/mol. The third-order valence-corrected chi connectivity index (χ3v) is 4.32. The summed E-state index contributed by atoms with van der Waals surface area (Å²) in [6.45, 7) is 2.37. The molecule has 6 heteroatoms. The quantitative estimate of drug-likeness (QED) is 0.724. The molecular formula is C20H19N3O3. The van der Waals surface area contributed by atoms with Crippen molar-refractivity contribution >= 4 is 16.8 Å². The van der Waals surface area contributed by atoms with Gasteiger partial charge in [-0.3, -0.25) is 9.78 Å². The van der Waals surface area contributed by atoms with Crippen LogP contribution in [0.4, 0.5) is 0 Å². The van der Waals surface area contributed by atoms with E-state index < -0.39 is 0 Å². The third kappa shape index (κ3) is 3.50. The number of pyridine rings is 2. The van der Waals surface area contributed by atoms with Crippen molar-refractivity contribution in [2.75, 3.05) is 32.9 Å². The number of amides is 1. The van der Waals surface area contributed by atoms with Crippen LogP contribution in [0, 0.1) is 0 Å². The molecule has 132 valence electrons. The highest BCUT2D eigenvalue weighted by atomic mass is 16.5. The van der Waals surface area contributed by atoms with Gasteiger partial charge in [0.15, 0.2) is 6.61 Å². The number of carbonyl (C=O) groups excluding carboxylic acids is 1. The van der Waals surface area contributed by atoms with Crippen molar-refractivity contribution < 1.29 is 14.3 Å². The fourth-order valence-electron chi connectivity index (χ4n) is 2.95. The number of hydrogen-bond donors (Lipinski definition) is 0. The normalized spacial score (nSPS) is 14.4. The molecule has 0 spiro atoms. The fraction of sp³-hybridized carbons (Fsp3) is 0.250. The molecule has 6 nitrogen and oxygen atoms in total. The van der Waals surface area contributed by atoms with E-state index in [4.69, 9.17) is 9.47 Å². The Balaban J connectivity index is 1.61. The van der Waals surface area contributed by atoms with Crippen LogP contribution in [-0.4, -0.2) is 53.7 Å². The van der Waals surface area contributed by atoms with Crippen molar-refractivity contribution in [3.63, 3.8) is 0 Å². The molecule has 0 atom stereocenters. The lowest BCUT2D eigenvalue weighted by molar-refractivity contribution is -0.137. The lowest BCUT2D eigenvalue weighted by atomic mass is 10.1. The van der Waals surface area contributed by atoms with Crippen molar-refractivity contribution in [1.29, 1.82) is 0 Å². The monoisotopic (exact) mass is 349 g/mol. The van der Waals surface area contributed by atoms with Gasteiger partial charge in [-0.1, -0.05) is 18.2 Å². The molecule has 1 aromatic carbocycles. The van der Waals surface area contributed by atoms with Crippen LogP contribution in [0.1, 0.15) is 0 Å². The summed E-state index contributed by atoms with van der Waals surface area (Å²) >= 11 is 0. The smallest absolute Gasteiger partial charge is 0.260 e. The molecule has 2 aromatic heterocycles. The van der Waals surface area contributed by atoms with Crippen LogP contribution in [0.15, 0.2) is 54.7 Å². The molecule has 1 fully saturated rings. The first kappa shape index (κ1) is 16.5. The van der Waals surface area contributed by atoms with Gasteiger partial charge in [-0.25, -0.2) is 4.98 Å². The highest BCUT2D eigenvalue weighted by molar-refractivity contribution is 5.88. The highest BCUT2D eigenvalue weighted by Gasteiger charge is 2.18. The number of para-hydroxylation sites is 1. The zero-order valence-electron chi connectivity index (χ0n) is 14.3. The molecule has 4 rings (SSSR count). The second-order valence-electron chi connectivity index (χ2n) is 6.02. The van der Waals surface area contributed by atoms with E-state index in [-0.39, 0.29) is 12.5 Å². The van der Waals surface area contributed by atoms with Crippen molar-refractivity contribution in [3.8, 4) is 17.1 Å². The first-order chi connectivity index (χ1) is 12.8. The number of rotatable bonds is 4. The summed E-state index contributed by atoms with van der Waals surface area (Å²) in [5.74, 6) is 0.603. The molecule has 0 radical (unpaired) electrons. The van der Waals surface area contributed by atoms with Crippen LogP contribution in [0.5, 0.6) is 5.75 Å². The van der Waals surface area contributed by atoms with E-state index in [0.29, 0.717) is 32.1 Å². The largest absolute Gasteiger partial charge is 0.483 e. The lowest BCUT2D eigenvalue weighted by Gasteiger charge is -2.26. The highest BCUT2D eigenvalue weighted by Crippen LogP contribution is 2.29. The van der Waals surface area contributed by atoms with Crippen molar-refractivity contribution in [2.45, 2.75) is 0 Å². The molecule has 0 saturated carbocycles. The average Bonchev–Trinajstić information content (AvgIpc) is 2.73. The summed E-state index contributed by atoms with van der Waals surface area (Å²) in [7, 11) is 0. The Morgan fingerprint density at radius 3 is 2.69 bits per heavy atom. The minimum Gasteiger partial charge on any atom is -0.483 e. The molecule has 0 aliphatic carbocycles. The summed E-state index contributed by atoms with van der Waals surface area (Å²) in [6.07, 6.45) is 1.73. The fourth-order valence-corrected chi connectivity index (χ4v) is 2.95. The Kier molecular flexibility index (Phi) is 4.75. The average molecular weight is 349 g/mol. The number of aromatic nitrogens is 2. The second kappa shape index (κ2) is 7.49. The van der Waals surface area contributed by atoms with Crippen LogP contribution < -0.4 is 4.74 Å². The molecule has 1 saturated heterocycles. The predicted octanol–water partition coefficient (Wildman–Crippen LogP) is 2.53. The number of nitrogens with zero attached hydrogens (tertiary/aromatic N) is 3. The number of hydrogen-bond acceptors (Lipinski definition) is 5. The zero-order valence-corrected chi connectivity index (χ0v) is 14.3. The minimum absolute atomic E-state index is 0.00430. The maximum Gasteiger partial charge on any atom is 0.260 e. The van der Waals surface area contributed by atoms with Crippen LogP contribution in [0.3, 0.4) is 0 Å². The van der Waals surface area contributed by atoms with Gasteiger partial charge in [0.05, 0.1) is 30.1 Å². The molecule has 1 aliphatic heterocycles. The molecule has 3 aromatic rings. The summed E-state index contributed by atoms with van der Waals surface area (Å²) in [5, 5.41) is 0.877. The van der Waals surface area contributed by atoms with Gasteiger partial charge < -0.3 is 14.4 Å². The van der Waals surface area contributed by atoms with Gasteiger partial charge >= 0.3 is 0 Å². The Bertz CT molecular complexity index is 909. The maximum absolute atomic E-state index is 12.4. The Morgan fingerprint density at radius 1 is 1.08 bits per heavy atom. The van der Waals surface area contributed by atoms with Crippen molar-refractivity contribution in [3.05, 3.63) is 54.7 Å². The second-order valence-corrected chi connectivity index (χ2v) is 6.02. The van der Waals surface area contributed by atoms with Gasteiger partial charge in [0, 0.05) is 30.7 Å². The Labute approximate surface area is 151 Å². The molecule has 26 heavy (non-hydrogen) atoms. The molecule has 0 unspecified atom stereocenters. The van der Waals surface area contributed by atoms with Crippen LogP contribution in [0.2, 0.25) is 0 Å². The summed E-state index contributed by atoms with van der Waals surface area (Å²) in [4.78, 5) is 23.2. The van der Waals surface area contributed by atoms with Crippen LogP contribution in [-0.2, 0) is 9.53 Å². The number of ether oxygens (including phenoxy) is 2. The van der Waals surface area contributed by atoms with E-state index >= 15 is 0 Å². The molecule has 1 amide bonds. The Hall–Kier alpha value is -2.99. The van der Waals surface area contributed by atoms with Crippen LogP contribution >= 0.6 is 0 Å². The van der Waals surface area contributed by atoms with E-state index in [2.05, 4.69) is 9.97 Å². The first-order valence-corrected chi connectivity index (χ1v) is 8.61. The van der Waals surface area contributed by atoms with E-state index in [1.54, 1.807) is 11.1 Å². The number of benzene rings is 1. The van der Waals surface area contributed by atoms with Crippen molar-refractivity contribution in [2.24, 2.45) is 0 Å². The Morgan fingerprint density at radius 2 is 1.88 bits per heavy atom. The summed E-state index contributed by atoms with van der Waals surface area (Å²) in [5.41, 5.74) is 2.30. The maximum atomic E-state index is 12.4. The molecule has 3 heterocycles. The van der Waals surface area contributed by atoms with Gasteiger partial charge in [-0.2, -0.15) is 0 Å².